The van der Waals surface area contributed by atoms with Crippen LogP contribution < -0.4 is 4.74 Å². The third-order valence-corrected chi connectivity index (χ3v) is 1.96. The summed E-state index contributed by atoms with van der Waals surface area (Å²) in [4.78, 5) is 11.6. The summed E-state index contributed by atoms with van der Waals surface area (Å²) < 4.78 is 5.20. The quantitative estimate of drug-likeness (QED) is 0.598. The highest BCUT2D eigenvalue weighted by Gasteiger charge is 2.24. The zero-order chi connectivity index (χ0) is 11.5. The van der Waals surface area contributed by atoms with Crippen LogP contribution in [0.4, 0.5) is 0 Å². The Morgan fingerprint density at radius 1 is 1.33 bits per heavy atom. The van der Waals surface area contributed by atoms with Gasteiger partial charge < -0.3 is 9.84 Å². The van der Waals surface area contributed by atoms with Crippen molar-refractivity contribution in [1.82, 2.24) is 0 Å². The van der Waals surface area contributed by atoms with Gasteiger partial charge in [0.2, 0.25) is 0 Å². The molecule has 0 saturated heterocycles. The standard InChI is InChI=1S/C12H16O3/c1-12(2,3)11(14)15-10-7-5-4-6-9(10)8-13/h4-7,13H,8H2,1-3H3. The fraction of sp³-hybridized carbons (Fsp3) is 0.417. The molecule has 1 aromatic carbocycles. The molecule has 1 aromatic rings. The summed E-state index contributed by atoms with van der Waals surface area (Å²) in [6, 6.07) is 6.96. The Hall–Kier alpha value is -1.35. The second-order valence-electron chi connectivity index (χ2n) is 4.41. The topological polar surface area (TPSA) is 46.5 Å². The van der Waals surface area contributed by atoms with Crippen LogP contribution in [0, 0.1) is 5.41 Å². The minimum Gasteiger partial charge on any atom is -0.426 e. The maximum atomic E-state index is 11.6. The molecule has 0 radical (unpaired) electrons. The van der Waals surface area contributed by atoms with Crippen LogP contribution in [0.3, 0.4) is 0 Å². The van der Waals surface area contributed by atoms with Gasteiger partial charge in [-0.2, -0.15) is 0 Å². The van der Waals surface area contributed by atoms with E-state index < -0.39 is 5.41 Å². The molecule has 0 heterocycles. The minimum atomic E-state index is -0.539. The molecule has 1 N–H and O–H groups in total. The molecule has 0 unspecified atom stereocenters. The van der Waals surface area contributed by atoms with Crippen molar-refractivity contribution in [3.8, 4) is 5.75 Å². The van der Waals surface area contributed by atoms with Crippen LogP contribution in [0.15, 0.2) is 24.3 Å². The lowest BCUT2D eigenvalue weighted by molar-refractivity contribution is -0.143. The highest BCUT2D eigenvalue weighted by molar-refractivity contribution is 5.78. The van der Waals surface area contributed by atoms with Gasteiger partial charge >= 0.3 is 5.97 Å². The van der Waals surface area contributed by atoms with Crippen LogP contribution in [-0.4, -0.2) is 11.1 Å². The van der Waals surface area contributed by atoms with E-state index in [-0.39, 0.29) is 12.6 Å². The summed E-state index contributed by atoms with van der Waals surface area (Å²) in [5.41, 5.74) is 0.0813. The van der Waals surface area contributed by atoms with Crippen LogP contribution in [0.1, 0.15) is 26.3 Å². The number of hydrogen-bond donors (Lipinski definition) is 1. The van der Waals surface area contributed by atoms with Crippen molar-refractivity contribution in [2.45, 2.75) is 27.4 Å². The Balaban J connectivity index is 2.85. The Morgan fingerprint density at radius 3 is 2.47 bits per heavy atom. The molecule has 0 aliphatic heterocycles. The molecular formula is C12H16O3. The number of para-hydroxylation sites is 1. The third kappa shape index (κ3) is 3.06. The average molecular weight is 208 g/mol. The van der Waals surface area contributed by atoms with E-state index in [0.29, 0.717) is 11.3 Å². The molecule has 0 amide bonds. The second-order valence-corrected chi connectivity index (χ2v) is 4.41. The van der Waals surface area contributed by atoms with Gasteiger partial charge in [-0.15, -0.1) is 0 Å². The highest BCUT2D eigenvalue weighted by atomic mass is 16.5. The van der Waals surface area contributed by atoms with E-state index in [1.54, 1.807) is 45.0 Å². The Bertz CT molecular complexity index is 350. The molecule has 15 heavy (non-hydrogen) atoms. The maximum Gasteiger partial charge on any atom is 0.316 e. The first-order chi connectivity index (χ1) is 6.95. The first-order valence-corrected chi connectivity index (χ1v) is 4.86. The van der Waals surface area contributed by atoms with E-state index >= 15 is 0 Å². The molecule has 3 nitrogen and oxygen atoms in total. The van der Waals surface area contributed by atoms with Gasteiger partial charge in [-0.25, -0.2) is 0 Å². The number of esters is 1. The van der Waals surface area contributed by atoms with Gasteiger partial charge in [0.25, 0.3) is 0 Å². The molecule has 0 saturated carbocycles. The Morgan fingerprint density at radius 2 is 1.93 bits per heavy atom. The van der Waals surface area contributed by atoms with Crippen molar-refractivity contribution in [3.63, 3.8) is 0 Å². The zero-order valence-corrected chi connectivity index (χ0v) is 9.28. The molecule has 0 spiro atoms. The summed E-state index contributed by atoms with van der Waals surface area (Å²) >= 11 is 0. The van der Waals surface area contributed by atoms with Crippen LogP contribution in [0.5, 0.6) is 5.75 Å². The maximum absolute atomic E-state index is 11.6. The number of carbonyl (C=O) groups excluding carboxylic acids is 1. The van der Waals surface area contributed by atoms with Crippen LogP contribution in [0.25, 0.3) is 0 Å². The fourth-order valence-corrected chi connectivity index (χ4v) is 0.987. The van der Waals surface area contributed by atoms with Crippen LogP contribution in [0.2, 0.25) is 0 Å². The predicted octanol–water partition coefficient (Wildman–Crippen LogP) is 2.13. The molecule has 0 aliphatic carbocycles. The molecule has 82 valence electrons. The summed E-state index contributed by atoms with van der Waals surface area (Å²) in [7, 11) is 0. The SMILES string of the molecule is CC(C)(C)C(=O)Oc1ccccc1CO. The molecular weight excluding hydrogens is 192 g/mol. The smallest absolute Gasteiger partial charge is 0.316 e. The van der Waals surface area contributed by atoms with Gasteiger partial charge in [0.1, 0.15) is 5.75 Å². The molecule has 1 rings (SSSR count). The minimum absolute atomic E-state index is 0.131. The largest absolute Gasteiger partial charge is 0.426 e. The normalized spacial score (nSPS) is 11.2. The number of aliphatic hydroxyl groups is 1. The summed E-state index contributed by atoms with van der Waals surface area (Å²) in [6.07, 6.45) is 0. The van der Waals surface area contributed by atoms with E-state index in [4.69, 9.17) is 9.84 Å². The van der Waals surface area contributed by atoms with E-state index in [9.17, 15) is 4.79 Å². The third-order valence-electron chi connectivity index (χ3n) is 1.96. The molecule has 3 heteroatoms. The number of ether oxygens (including phenoxy) is 1. The van der Waals surface area contributed by atoms with E-state index in [1.807, 2.05) is 0 Å². The zero-order valence-electron chi connectivity index (χ0n) is 9.28. The average Bonchev–Trinajstić information content (AvgIpc) is 2.17. The van der Waals surface area contributed by atoms with Gasteiger partial charge in [-0.1, -0.05) is 18.2 Å². The Labute approximate surface area is 89.7 Å². The molecule has 0 atom stereocenters. The van der Waals surface area contributed by atoms with Crippen LogP contribution >= 0.6 is 0 Å². The number of carbonyl (C=O) groups is 1. The van der Waals surface area contributed by atoms with Crippen molar-refractivity contribution in [3.05, 3.63) is 29.8 Å². The molecule has 0 aliphatic rings. The van der Waals surface area contributed by atoms with E-state index in [2.05, 4.69) is 0 Å². The van der Waals surface area contributed by atoms with Crippen molar-refractivity contribution in [1.29, 1.82) is 0 Å². The fourth-order valence-electron chi connectivity index (χ4n) is 0.987. The van der Waals surface area contributed by atoms with Gasteiger partial charge in [0, 0.05) is 5.56 Å². The number of benzene rings is 1. The van der Waals surface area contributed by atoms with E-state index in [1.165, 1.54) is 0 Å². The predicted molar refractivity (Wildman–Crippen MR) is 57.5 cm³/mol. The first-order valence-electron chi connectivity index (χ1n) is 4.86. The first kappa shape index (κ1) is 11.7. The van der Waals surface area contributed by atoms with Crippen molar-refractivity contribution < 1.29 is 14.6 Å². The molecule has 0 fully saturated rings. The lowest BCUT2D eigenvalue weighted by Gasteiger charge is -2.17. The van der Waals surface area contributed by atoms with E-state index in [0.717, 1.165) is 0 Å². The highest BCUT2D eigenvalue weighted by Crippen LogP contribution is 2.22. The lowest BCUT2D eigenvalue weighted by Crippen LogP contribution is -2.25. The number of hydrogen-bond acceptors (Lipinski definition) is 3. The number of rotatable bonds is 2. The van der Waals surface area contributed by atoms with Gasteiger partial charge in [0.05, 0.1) is 12.0 Å². The van der Waals surface area contributed by atoms with Crippen LogP contribution in [-0.2, 0) is 11.4 Å². The summed E-state index contributed by atoms with van der Waals surface area (Å²) in [6.45, 7) is 5.23. The summed E-state index contributed by atoms with van der Waals surface area (Å²) in [5, 5.41) is 9.04. The summed E-state index contributed by atoms with van der Waals surface area (Å²) in [5.74, 6) is 0.128. The van der Waals surface area contributed by atoms with Gasteiger partial charge in [-0.3, -0.25) is 4.79 Å². The lowest BCUT2D eigenvalue weighted by atomic mass is 9.97. The monoisotopic (exact) mass is 208 g/mol. The number of aliphatic hydroxyl groups excluding tert-OH is 1. The molecule has 0 bridgehead atoms. The van der Waals surface area contributed by atoms with Gasteiger partial charge in [-0.05, 0) is 26.8 Å². The van der Waals surface area contributed by atoms with Gasteiger partial charge in [0.15, 0.2) is 0 Å². The van der Waals surface area contributed by atoms with Crippen molar-refractivity contribution in [2.24, 2.45) is 5.41 Å². The molecule has 0 aromatic heterocycles. The Kier molecular flexibility index (Phi) is 3.48. The second kappa shape index (κ2) is 4.45. The van der Waals surface area contributed by atoms with Crippen molar-refractivity contribution >= 4 is 5.97 Å². The van der Waals surface area contributed by atoms with Crippen molar-refractivity contribution in [2.75, 3.05) is 0 Å².